The molecule has 5 nitrogen and oxygen atoms in total. The van der Waals surface area contributed by atoms with Gasteiger partial charge < -0.3 is 4.90 Å². The molecule has 0 unspecified atom stereocenters. The van der Waals surface area contributed by atoms with Gasteiger partial charge in [0.2, 0.25) is 5.91 Å². The third-order valence-electron chi connectivity index (χ3n) is 4.10. The third-order valence-corrected chi connectivity index (χ3v) is 5.31. The van der Waals surface area contributed by atoms with Crippen LogP contribution in [-0.4, -0.2) is 43.9 Å². The normalized spacial score (nSPS) is 13.7. The summed E-state index contributed by atoms with van der Waals surface area (Å²) in [6.07, 6.45) is 4.05. The number of thioether (sulfide) groups is 1. The third kappa shape index (κ3) is 4.25. The van der Waals surface area contributed by atoms with E-state index in [0.29, 0.717) is 23.4 Å². The summed E-state index contributed by atoms with van der Waals surface area (Å²) in [6, 6.07) is 7.92. The fraction of sp³-hybridized carbons (Fsp3) is 0.389. The van der Waals surface area contributed by atoms with Gasteiger partial charge in [-0.05, 0) is 44.0 Å². The highest BCUT2D eigenvalue weighted by molar-refractivity contribution is 7.99. The van der Waals surface area contributed by atoms with Crippen molar-refractivity contribution < 1.29 is 4.79 Å². The fourth-order valence-corrected chi connectivity index (χ4v) is 3.70. The maximum atomic E-state index is 12.4. The van der Waals surface area contributed by atoms with E-state index in [4.69, 9.17) is 11.6 Å². The Labute approximate surface area is 157 Å². The van der Waals surface area contributed by atoms with Crippen molar-refractivity contribution >= 4 is 29.3 Å². The molecule has 25 heavy (non-hydrogen) atoms. The number of amides is 1. The first-order valence-electron chi connectivity index (χ1n) is 8.36. The Balaban J connectivity index is 1.76. The molecule has 3 rings (SSSR count). The van der Waals surface area contributed by atoms with Crippen LogP contribution in [0.2, 0.25) is 5.02 Å². The molecule has 0 atom stereocenters. The first-order valence-corrected chi connectivity index (χ1v) is 9.72. The Morgan fingerprint density at radius 1 is 1.40 bits per heavy atom. The van der Waals surface area contributed by atoms with Crippen LogP contribution < -0.4 is 0 Å². The first kappa shape index (κ1) is 18.0. The van der Waals surface area contributed by atoms with Crippen molar-refractivity contribution in [3.8, 4) is 11.4 Å². The van der Waals surface area contributed by atoms with Crippen LogP contribution in [0.3, 0.4) is 0 Å². The van der Waals surface area contributed by atoms with Gasteiger partial charge in [0.25, 0.3) is 0 Å². The molecule has 2 aromatic rings. The van der Waals surface area contributed by atoms with Gasteiger partial charge in [-0.15, -0.1) is 16.8 Å². The van der Waals surface area contributed by atoms with Crippen LogP contribution in [0.4, 0.5) is 0 Å². The van der Waals surface area contributed by atoms with Crippen LogP contribution in [0, 0.1) is 0 Å². The Hall–Kier alpha value is -1.79. The number of nitrogens with zero attached hydrogens (tertiary/aromatic N) is 4. The molecule has 1 aromatic carbocycles. The van der Waals surface area contributed by atoms with E-state index in [1.165, 1.54) is 11.8 Å². The second kappa shape index (κ2) is 8.06. The van der Waals surface area contributed by atoms with Crippen LogP contribution >= 0.6 is 23.4 Å². The molecule has 0 N–H and O–H groups in total. The molecule has 1 heterocycles. The molecular weight excluding hydrogens is 356 g/mol. The van der Waals surface area contributed by atoms with Crippen LogP contribution in [-0.2, 0) is 11.3 Å². The van der Waals surface area contributed by atoms with E-state index in [9.17, 15) is 4.79 Å². The highest BCUT2D eigenvalue weighted by Gasteiger charge is 2.31. The zero-order valence-electron chi connectivity index (χ0n) is 14.2. The van der Waals surface area contributed by atoms with Crippen LogP contribution in [0.5, 0.6) is 0 Å². The SMILES string of the molecule is C=CCn1c(SCC(=O)N(CC)C2CC2)nnc1-c1ccc(Cl)cc1. The van der Waals surface area contributed by atoms with Gasteiger partial charge in [0.05, 0.1) is 5.75 Å². The summed E-state index contributed by atoms with van der Waals surface area (Å²) in [7, 11) is 0. The molecule has 0 bridgehead atoms. The average Bonchev–Trinajstić information content (AvgIpc) is 3.36. The summed E-state index contributed by atoms with van der Waals surface area (Å²) in [5.74, 6) is 1.29. The van der Waals surface area contributed by atoms with Gasteiger partial charge in [0.15, 0.2) is 11.0 Å². The number of carbonyl (C=O) groups excluding carboxylic acids is 1. The van der Waals surface area contributed by atoms with E-state index in [-0.39, 0.29) is 5.91 Å². The minimum Gasteiger partial charge on any atom is -0.339 e. The number of hydrogen-bond acceptors (Lipinski definition) is 4. The second-order valence-corrected chi connectivity index (χ2v) is 7.29. The van der Waals surface area contributed by atoms with E-state index >= 15 is 0 Å². The van der Waals surface area contributed by atoms with E-state index in [1.54, 1.807) is 6.08 Å². The lowest BCUT2D eigenvalue weighted by atomic mass is 10.2. The van der Waals surface area contributed by atoms with Crippen molar-refractivity contribution in [2.45, 2.75) is 37.5 Å². The predicted molar refractivity (Wildman–Crippen MR) is 102 cm³/mol. The molecule has 1 saturated carbocycles. The van der Waals surface area contributed by atoms with Gasteiger partial charge in [-0.2, -0.15) is 0 Å². The highest BCUT2D eigenvalue weighted by Crippen LogP contribution is 2.29. The lowest BCUT2D eigenvalue weighted by molar-refractivity contribution is -0.128. The van der Waals surface area contributed by atoms with Crippen LogP contribution in [0.15, 0.2) is 42.1 Å². The molecule has 7 heteroatoms. The van der Waals surface area contributed by atoms with Crippen LogP contribution in [0.25, 0.3) is 11.4 Å². The molecular formula is C18H21ClN4OS. The number of rotatable bonds is 8. The van der Waals surface area contributed by atoms with E-state index in [2.05, 4.69) is 16.8 Å². The Bertz CT molecular complexity index is 755. The maximum absolute atomic E-state index is 12.4. The molecule has 1 fully saturated rings. The number of carbonyl (C=O) groups is 1. The Morgan fingerprint density at radius 2 is 2.12 bits per heavy atom. The Kier molecular flexibility index (Phi) is 5.81. The van der Waals surface area contributed by atoms with Gasteiger partial charge in [-0.3, -0.25) is 9.36 Å². The van der Waals surface area contributed by atoms with Gasteiger partial charge in [0.1, 0.15) is 0 Å². The monoisotopic (exact) mass is 376 g/mol. The summed E-state index contributed by atoms with van der Waals surface area (Å²) in [6.45, 7) is 7.19. The number of halogens is 1. The number of benzene rings is 1. The van der Waals surface area contributed by atoms with Gasteiger partial charge in [-0.25, -0.2) is 0 Å². The van der Waals surface area contributed by atoms with Crippen LogP contribution in [0.1, 0.15) is 19.8 Å². The zero-order valence-corrected chi connectivity index (χ0v) is 15.8. The number of hydrogen-bond donors (Lipinski definition) is 0. The minimum absolute atomic E-state index is 0.163. The number of allylic oxidation sites excluding steroid dienone is 1. The van der Waals surface area contributed by atoms with Crippen molar-refractivity contribution in [1.29, 1.82) is 0 Å². The van der Waals surface area contributed by atoms with Gasteiger partial charge in [0, 0.05) is 29.7 Å². The van der Waals surface area contributed by atoms with Crippen molar-refractivity contribution in [2.24, 2.45) is 0 Å². The predicted octanol–water partition coefficient (Wildman–Crippen LogP) is 3.89. The molecule has 0 aliphatic heterocycles. The standard InChI is InChI=1S/C18H21ClN4OS/c1-3-11-23-17(13-5-7-14(19)8-6-13)20-21-18(23)25-12-16(24)22(4-2)15-9-10-15/h3,5-8,15H,1,4,9-12H2,2H3. The summed E-state index contributed by atoms with van der Waals surface area (Å²) in [4.78, 5) is 14.4. The molecule has 1 aliphatic carbocycles. The lowest BCUT2D eigenvalue weighted by Gasteiger charge is -2.19. The smallest absolute Gasteiger partial charge is 0.233 e. The van der Waals surface area contributed by atoms with Crippen molar-refractivity contribution in [3.05, 3.63) is 41.9 Å². The zero-order chi connectivity index (χ0) is 17.8. The molecule has 0 saturated heterocycles. The average molecular weight is 377 g/mol. The summed E-state index contributed by atoms with van der Waals surface area (Å²) in [5, 5.41) is 9.98. The number of aromatic nitrogens is 3. The lowest BCUT2D eigenvalue weighted by Crippen LogP contribution is -2.34. The van der Waals surface area contributed by atoms with Gasteiger partial charge in [-0.1, -0.05) is 29.4 Å². The molecule has 1 amide bonds. The fourth-order valence-electron chi connectivity index (χ4n) is 2.74. The van der Waals surface area contributed by atoms with E-state index in [1.807, 2.05) is 40.7 Å². The largest absolute Gasteiger partial charge is 0.339 e. The minimum atomic E-state index is 0.163. The van der Waals surface area contributed by atoms with E-state index in [0.717, 1.165) is 35.9 Å². The Morgan fingerprint density at radius 3 is 2.72 bits per heavy atom. The molecule has 1 aliphatic rings. The molecule has 0 radical (unpaired) electrons. The van der Waals surface area contributed by atoms with Crippen molar-refractivity contribution in [3.63, 3.8) is 0 Å². The summed E-state index contributed by atoms with van der Waals surface area (Å²) >= 11 is 7.39. The van der Waals surface area contributed by atoms with Gasteiger partial charge >= 0.3 is 0 Å². The molecule has 0 spiro atoms. The topological polar surface area (TPSA) is 51.0 Å². The molecule has 1 aromatic heterocycles. The quantitative estimate of drug-likeness (QED) is 0.518. The van der Waals surface area contributed by atoms with E-state index < -0.39 is 0 Å². The maximum Gasteiger partial charge on any atom is 0.233 e. The van der Waals surface area contributed by atoms with Crippen molar-refractivity contribution in [2.75, 3.05) is 12.3 Å². The second-order valence-electron chi connectivity index (χ2n) is 5.91. The molecule has 132 valence electrons. The highest BCUT2D eigenvalue weighted by atomic mass is 35.5. The van der Waals surface area contributed by atoms with Crippen molar-refractivity contribution in [1.82, 2.24) is 19.7 Å². The summed E-state index contributed by atoms with van der Waals surface area (Å²) < 4.78 is 1.97. The first-order chi connectivity index (χ1) is 12.1. The summed E-state index contributed by atoms with van der Waals surface area (Å²) in [5.41, 5.74) is 0.935.